The molecule has 87 heavy (non-hydrogen) atoms. The third kappa shape index (κ3) is 13.3. The molecule has 7 N–H and O–H groups in total. The highest BCUT2D eigenvalue weighted by atomic mass is 16.5. The summed E-state index contributed by atoms with van der Waals surface area (Å²) in [7, 11) is 6.20. The molecular formula is C66H76N6O15. The van der Waals surface area contributed by atoms with Gasteiger partial charge in [-0.15, -0.1) is 0 Å². The van der Waals surface area contributed by atoms with Gasteiger partial charge in [-0.1, -0.05) is 53.5 Å². The maximum atomic E-state index is 12.5. The summed E-state index contributed by atoms with van der Waals surface area (Å²) < 4.78 is 95.5. The minimum atomic E-state index is -2.36. The second kappa shape index (κ2) is 25.8. The lowest BCUT2D eigenvalue weighted by molar-refractivity contribution is 0.0801. The van der Waals surface area contributed by atoms with Crippen molar-refractivity contribution in [3.63, 3.8) is 0 Å². The number of anilines is 5. The smallest absolute Gasteiger partial charge is 0.272 e. The van der Waals surface area contributed by atoms with Crippen LogP contribution >= 0.6 is 0 Å². The van der Waals surface area contributed by atoms with E-state index < -0.39 is 76.5 Å². The number of phenolic OH excluding ortho intramolecular Hbond substituents is 2. The van der Waals surface area contributed by atoms with Gasteiger partial charge in [-0.05, 0) is 92.0 Å². The fraction of sp³-hybridized carbons (Fsp3) is 0.394. The molecule has 0 aliphatic heterocycles. The molecule has 0 radical (unpaired) electrons. The molecule has 12 rings (SSSR count). The molecule has 0 saturated carbocycles. The largest absolute Gasteiger partial charge is 0.505 e. The van der Waals surface area contributed by atoms with Gasteiger partial charge in [-0.3, -0.25) is 38.4 Å². The molecule has 8 aromatic rings. The Morgan fingerprint density at radius 3 is 1.67 bits per heavy atom. The Bertz CT molecular complexity index is 4350. The van der Waals surface area contributed by atoms with Crippen LogP contribution < -0.4 is 48.1 Å². The Hall–Kier alpha value is -9.24. The number of amides is 2. The van der Waals surface area contributed by atoms with Crippen molar-refractivity contribution in [2.45, 2.75) is 118 Å². The summed E-state index contributed by atoms with van der Waals surface area (Å²) in [6, 6.07) is 14.4. The number of phenols is 2. The molecule has 4 aromatic heterocycles. The highest BCUT2D eigenvalue weighted by Gasteiger charge is 2.40. The molecule has 0 saturated heterocycles. The number of carbonyl (C=O) groups is 4. The number of ketones is 2. The number of rotatable bonds is 10. The first-order chi connectivity index (χ1) is 44.8. The zero-order valence-electron chi connectivity index (χ0n) is 58.5. The number of nitrogens with one attached hydrogen (secondary N) is 3. The van der Waals surface area contributed by atoms with Gasteiger partial charge in [0, 0.05) is 95.2 Å². The molecule has 0 fully saturated rings. The van der Waals surface area contributed by atoms with Crippen molar-refractivity contribution < 1.29 is 64.1 Å². The standard InChI is InChI=1S/C23H25N3O5.C15H16N2O5.C10H15NO.C10H12O2.C8H8O2/c1-23(2)10-8-15-12(9-11-31-15)21(23)25-17-16(19(28)20(17)29)24-14-7-5-6-13(18(14)27)22(30)26(3)4;1-4-22-14-10(12(19)13(14)20)16-9-7-5-6-8(11(9)18)15(21)17(2)3;2*1-10(2)5-3-8-7(9(10)11)4-6-12-8;9-7-2-1-3-8-6(7)4-5-10-8/h5-7,9,11,21,24-25,27H,8,10H2,1-4H3;5-7,16,18H,4H2,1-3H3;4,6,9H,3,5,11H2,1-2H3;4,6H,3,5H2,1-2H3;4-5H,1-3H2/i1D3;;2*1D3;. The van der Waals surface area contributed by atoms with E-state index in [9.17, 15) is 48.6 Å². The molecule has 21 heteroatoms. The highest BCUT2D eigenvalue weighted by Crippen LogP contribution is 2.47. The second-order valence-corrected chi connectivity index (χ2v) is 22.7. The molecule has 4 aliphatic rings. The van der Waals surface area contributed by atoms with Crippen molar-refractivity contribution >= 4 is 51.8 Å². The zero-order chi connectivity index (χ0) is 70.9. The lowest BCUT2D eigenvalue weighted by Gasteiger charge is -2.39. The Labute approximate surface area is 515 Å². The normalized spacial score (nSPS) is 22.6. The van der Waals surface area contributed by atoms with E-state index in [0.29, 0.717) is 61.2 Å². The van der Waals surface area contributed by atoms with Crippen LogP contribution in [0.15, 0.2) is 123 Å². The van der Waals surface area contributed by atoms with Gasteiger partial charge in [0.15, 0.2) is 28.8 Å². The van der Waals surface area contributed by atoms with E-state index in [1.165, 1.54) is 73.7 Å². The summed E-state index contributed by atoms with van der Waals surface area (Å²) >= 11 is 0. The van der Waals surface area contributed by atoms with E-state index in [1.54, 1.807) is 77.7 Å². The number of nitrogens with two attached hydrogens (primary N) is 1. The molecule has 2 amide bonds. The molecular weight excluding hydrogens is 1120 g/mol. The average Bonchev–Trinajstić information content (AvgIpc) is 1.15. The lowest BCUT2D eigenvalue weighted by atomic mass is 9.72. The minimum Gasteiger partial charge on any atom is -0.505 e. The molecule has 0 bridgehead atoms. The van der Waals surface area contributed by atoms with E-state index in [4.69, 9.17) is 40.5 Å². The van der Waals surface area contributed by atoms with E-state index in [-0.39, 0.29) is 87.3 Å². The first-order valence-corrected chi connectivity index (χ1v) is 28.1. The third-order valence-electron chi connectivity index (χ3n) is 15.7. The van der Waals surface area contributed by atoms with Crippen molar-refractivity contribution in [1.82, 2.24) is 9.80 Å². The zero-order valence-corrected chi connectivity index (χ0v) is 49.5. The van der Waals surface area contributed by atoms with Crippen LogP contribution in [0.25, 0.3) is 0 Å². The summed E-state index contributed by atoms with van der Waals surface area (Å²) in [6.45, 7) is 0.163. The SMILES string of the molecule is CCOc1c(Nc2cccc(C(=O)N(C)C)c2O)c(=O)c1=O.O=C1CCCc2occc21.[2H]C([2H])([2H])C1(C)CCc2occc2C1=O.[2H]C([2H])([2H])C1(C)CCc2occc2C1N.[2H]C([2H])([2H])C1(C)CCc2occc2C1Nc1c(Nc2cccc(C(=O)N(C)C)c2O)c(=O)c1=O. The number of benzene rings is 2. The summed E-state index contributed by atoms with van der Waals surface area (Å²) in [5.74, 6) is 1.31. The van der Waals surface area contributed by atoms with Crippen LogP contribution in [0.3, 0.4) is 0 Å². The van der Waals surface area contributed by atoms with Gasteiger partial charge in [0.2, 0.25) is 0 Å². The Kier molecular flexibility index (Phi) is 15.4. The summed E-state index contributed by atoms with van der Waals surface area (Å²) in [5.41, 5.74) is 2.47. The number of nitrogens with zero attached hydrogens (tertiary/aromatic N) is 2. The van der Waals surface area contributed by atoms with Crippen molar-refractivity contribution in [3.8, 4) is 17.2 Å². The van der Waals surface area contributed by atoms with Crippen LogP contribution in [0, 0.1) is 16.2 Å². The Morgan fingerprint density at radius 1 is 0.609 bits per heavy atom. The topological polar surface area (TPSA) is 307 Å². The summed E-state index contributed by atoms with van der Waals surface area (Å²) in [6.07, 6.45) is 11.4. The number of aryl methyl sites for hydroxylation is 4. The lowest BCUT2D eigenvalue weighted by Crippen LogP contribution is -2.41. The van der Waals surface area contributed by atoms with Gasteiger partial charge in [0.1, 0.15) is 40.1 Å². The average molecular weight is 1200 g/mol. The molecule has 5 atom stereocenters. The number of para-hydroxylation sites is 2. The van der Waals surface area contributed by atoms with Crippen molar-refractivity contribution in [3.05, 3.63) is 183 Å². The number of furan rings is 4. The van der Waals surface area contributed by atoms with Crippen LogP contribution in [0.4, 0.5) is 28.4 Å². The molecule has 0 spiro atoms. The summed E-state index contributed by atoms with van der Waals surface area (Å²) in [4.78, 5) is 97.9. The maximum absolute atomic E-state index is 12.5. The summed E-state index contributed by atoms with van der Waals surface area (Å²) in [5, 5.41) is 29.2. The van der Waals surface area contributed by atoms with Crippen molar-refractivity contribution in [2.75, 3.05) is 50.7 Å². The molecule has 4 heterocycles. The van der Waals surface area contributed by atoms with E-state index in [2.05, 4.69) is 16.0 Å². The quantitative estimate of drug-likeness (QED) is 0.0547. The Morgan fingerprint density at radius 2 is 1.10 bits per heavy atom. The van der Waals surface area contributed by atoms with E-state index in [1.807, 2.05) is 0 Å². The monoisotopic (exact) mass is 1200 g/mol. The van der Waals surface area contributed by atoms with Crippen LogP contribution in [0.5, 0.6) is 17.2 Å². The number of hydrogen-bond acceptors (Lipinski definition) is 19. The van der Waals surface area contributed by atoms with Gasteiger partial charge < -0.3 is 64.1 Å². The highest BCUT2D eigenvalue weighted by molar-refractivity contribution is 6.02. The van der Waals surface area contributed by atoms with Gasteiger partial charge in [-0.25, -0.2) is 0 Å². The number of aromatic hydroxyl groups is 2. The van der Waals surface area contributed by atoms with Crippen molar-refractivity contribution in [1.29, 1.82) is 0 Å². The first-order valence-electron chi connectivity index (χ1n) is 32.6. The van der Waals surface area contributed by atoms with Crippen molar-refractivity contribution in [2.24, 2.45) is 22.0 Å². The fourth-order valence-corrected chi connectivity index (χ4v) is 10.4. The first kappa shape index (κ1) is 52.1. The fourth-order valence-electron chi connectivity index (χ4n) is 10.4. The van der Waals surface area contributed by atoms with Crippen LogP contribution in [-0.2, 0) is 25.7 Å². The van der Waals surface area contributed by atoms with Gasteiger partial charge in [0.25, 0.3) is 33.5 Å². The predicted molar refractivity (Wildman–Crippen MR) is 329 cm³/mol. The number of ether oxygens (including phenoxy) is 1. The van der Waals surface area contributed by atoms with Crippen LogP contribution in [0.1, 0.15) is 180 Å². The van der Waals surface area contributed by atoms with E-state index in [0.717, 1.165) is 35.5 Å². The predicted octanol–water partition coefficient (Wildman–Crippen LogP) is 10.5. The van der Waals surface area contributed by atoms with E-state index >= 15 is 0 Å². The molecule has 4 aliphatic carbocycles. The second-order valence-electron chi connectivity index (χ2n) is 22.7. The Balaban J connectivity index is 0.000000164. The number of fused-ring (bicyclic) bond motifs is 4. The maximum Gasteiger partial charge on any atom is 0.272 e. The minimum absolute atomic E-state index is 0.0170. The number of carbonyl (C=O) groups excluding carboxylic acids is 4. The number of Topliss-reactive ketones (excluding diaryl/α,β-unsaturated/α-hetero) is 2. The molecule has 460 valence electrons. The van der Waals surface area contributed by atoms with Crippen LogP contribution in [0.2, 0.25) is 0 Å². The molecule has 4 aromatic carbocycles. The molecule has 21 nitrogen and oxygen atoms in total. The number of hydrogen-bond donors (Lipinski definition) is 6. The third-order valence-corrected chi connectivity index (χ3v) is 15.7. The van der Waals surface area contributed by atoms with Gasteiger partial charge in [-0.2, -0.15) is 0 Å². The van der Waals surface area contributed by atoms with Gasteiger partial charge in [0.05, 0.1) is 71.3 Å². The molecule has 5 unspecified atom stereocenters. The van der Waals surface area contributed by atoms with Crippen LogP contribution in [-0.4, -0.2) is 78.2 Å². The van der Waals surface area contributed by atoms with Gasteiger partial charge >= 0.3 is 0 Å².